The fourth-order valence-corrected chi connectivity index (χ4v) is 12.6. The topological polar surface area (TPSA) is 634 Å². The van der Waals surface area contributed by atoms with E-state index in [0.29, 0.717) is 59.0 Å². The van der Waals surface area contributed by atoms with E-state index in [1.54, 1.807) is 116 Å². The predicted octanol–water partition coefficient (Wildman–Crippen LogP) is 23.2. The van der Waals surface area contributed by atoms with Gasteiger partial charge in [-0.3, -0.25) is 14.4 Å². The summed E-state index contributed by atoms with van der Waals surface area (Å²) in [6, 6.07) is 55.4. The number of hydrogen-bond acceptors (Lipinski definition) is 28. The minimum absolute atomic E-state index is 0. The summed E-state index contributed by atoms with van der Waals surface area (Å²) in [5.41, 5.74) is 20.0. The maximum atomic E-state index is 12.7. The van der Waals surface area contributed by atoms with Crippen LogP contribution < -0.4 is 66.3 Å². The molecule has 0 bridgehead atoms. The van der Waals surface area contributed by atoms with Crippen LogP contribution in [0.4, 0.5) is 5.69 Å². The van der Waals surface area contributed by atoms with Gasteiger partial charge in [-0.25, -0.2) is 14.4 Å². The minimum atomic E-state index is -1.33. The molecular formula is C86H91Br4Cl3FeN17O21Sn. The molecule has 13 aromatic rings. The molecule has 13 rings (SSSR count). The standard InChI is InChI=1S/C23H20O7.C14H10N2O2.C14H12O6.C12H10Br2O2.C10H6Br2O2.C10H8O2.3CH4.3ClH.Fe.H3N5.H4N4.HN3.N2.H3N.Sn.2H/c1-28-20-10-16-11-21(29-2)18(23(26)27)9-15(16)8-17(20)19(24)12-22(25)30-13-14-6-4-3-5-7-14;1-16-12-5-9-4-11(8-15)13(17-2)6-10(9)7-14(12)18-3;1-18-11-4-9-5-12(19-2)13(20-7-15)6-8(9)3-10(11)14(16)17;1-15-11-5-8-6-12(16-2)10(14)4-7(8)3-9(11)13;11-7-1-5-2-8(12)10(14)4-6(5)3-9(7)13;11-9-3-1-7-2-4-10(12)6-8(7)5-9;;;;;;;;1-3-5-4-2;1-3-4-2;1-3-2;1-2;;;;/h3-11H,12-13H2,1-2H3,(H,26,27);4-7H,2-3H3;3-7H,1-2H3,(H,16,17);3-6H,1-2H3;1-4,13-14H;1-6,11-12H;3*1H4;3*1H;;(H3,1,2,5);(H2,1,4)(H2,2,3);1H;;1H3;;;/q;;;;;;;;;;;;+3;;;;;;;;/p-3. The molecule has 38 nitrogen and oxygen atoms in total. The Labute approximate surface area is 830 Å². The number of nitrogens with zero attached hydrogens (tertiary/aromatic N) is 11. The normalized spacial score (nSPS) is 9.51. The van der Waals surface area contributed by atoms with Crippen LogP contribution in [-0.4, -0.2) is 142 Å². The van der Waals surface area contributed by atoms with Crippen molar-refractivity contribution < 1.29 is 113 Å². The van der Waals surface area contributed by atoms with Gasteiger partial charge >= 0.3 is 83.3 Å². The molecule has 0 saturated heterocycles. The number of halogens is 7. The van der Waals surface area contributed by atoms with Crippen molar-refractivity contribution in [3.63, 3.8) is 0 Å². The molecule has 47 heteroatoms. The second kappa shape index (κ2) is 65.2. The number of carboxylic acid groups (broad SMARTS) is 2. The van der Waals surface area contributed by atoms with Crippen molar-refractivity contribution in [3.8, 4) is 80.8 Å². The van der Waals surface area contributed by atoms with Gasteiger partial charge in [0.05, 0.1) is 92.5 Å². The summed E-state index contributed by atoms with van der Waals surface area (Å²) < 4.78 is 54.6. The summed E-state index contributed by atoms with van der Waals surface area (Å²) in [5, 5.41) is 99.6. The average Bonchev–Trinajstić information content (AvgIpc) is 0.792. The first-order chi connectivity index (χ1) is 61.2. The number of rotatable bonds is 18. The molecule has 0 fully saturated rings. The van der Waals surface area contributed by atoms with Crippen LogP contribution in [0.15, 0.2) is 232 Å². The number of Topliss-reactive ketones (excluding diaryl/α,β-unsaturated/α-hetero) is 1. The number of nitrogens with one attached hydrogen (secondary N) is 2. The summed E-state index contributed by atoms with van der Waals surface area (Å²) >= 11 is 12.1. The van der Waals surface area contributed by atoms with E-state index in [1.165, 1.54) is 66.9 Å². The Balaban J connectivity index is -0.00000148. The number of ether oxygens (including phenoxy) is 10. The van der Waals surface area contributed by atoms with Crippen LogP contribution in [0.2, 0.25) is 0 Å². The summed E-state index contributed by atoms with van der Waals surface area (Å²) in [4.78, 5) is 63.1. The Hall–Kier alpha value is -13.5. The number of hydrogen-bond donors (Lipinski definition) is 12. The third kappa shape index (κ3) is 38.9. The van der Waals surface area contributed by atoms with Crippen molar-refractivity contribution in [1.29, 1.82) is 27.1 Å². The second-order valence-corrected chi connectivity index (χ2v) is 32.7. The molecule has 0 atom stereocenters. The Morgan fingerprint density at radius 2 is 0.820 bits per heavy atom. The number of ketones is 1. The predicted molar refractivity (Wildman–Crippen MR) is 522 cm³/mol. The van der Waals surface area contributed by atoms with E-state index < -0.39 is 41.3 Å². The van der Waals surface area contributed by atoms with Crippen LogP contribution in [0.3, 0.4) is 0 Å². The number of nitrogens with two attached hydrogens (primary N) is 3. The number of methoxy groups -OCH3 is 8. The van der Waals surface area contributed by atoms with Gasteiger partial charge in [0, 0.05) is 10.8 Å². The third-order valence-corrected chi connectivity index (χ3v) is 18.9. The molecule has 0 spiro atoms. The molecule has 0 aromatic heterocycles. The van der Waals surface area contributed by atoms with Crippen LogP contribution in [0.1, 0.15) is 70.9 Å². The summed E-state index contributed by atoms with van der Waals surface area (Å²) in [6.45, 7) is 7.45. The number of carboxylic acids is 2. The average molecular weight is 2300 g/mol. The molecule has 17 N–H and O–H groups in total. The first-order valence-corrected chi connectivity index (χ1v) is 42.5. The van der Waals surface area contributed by atoms with E-state index >= 15 is 0 Å². The third-order valence-electron chi connectivity index (χ3n) is 16.4. The zero-order valence-electron chi connectivity index (χ0n) is 69.3. The Bertz CT molecular complexity index is 6060. The summed E-state index contributed by atoms with van der Waals surface area (Å²) in [7, 11) is 26.7. The van der Waals surface area contributed by atoms with Gasteiger partial charge in [-0.1, -0.05) is 80.4 Å². The van der Waals surface area contributed by atoms with Gasteiger partial charge in [0.15, 0.2) is 17.3 Å². The molecule has 0 aliphatic rings. The number of nitriles is 1. The van der Waals surface area contributed by atoms with E-state index in [-0.39, 0.29) is 128 Å². The number of carbonyl (C=O) groups is 5. The molecule has 0 heterocycles. The molecule has 0 amide bonds. The van der Waals surface area contributed by atoms with Gasteiger partial charge < -0.3 is 102 Å². The van der Waals surface area contributed by atoms with Gasteiger partial charge in [-0.2, -0.15) is 10.8 Å². The van der Waals surface area contributed by atoms with Gasteiger partial charge in [0.2, 0.25) is 5.69 Å². The van der Waals surface area contributed by atoms with Crippen molar-refractivity contribution in [3.05, 3.63) is 256 Å². The number of benzene rings is 13. The number of phenolic OH excluding ortho intramolecular Hbond substituents is 4. The van der Waals surface area contributed by atoms with E-state index in [9.17, 15) is 39.3 Å². The van der Waals surface area contributed by atoms with Crippen LogP contribution in [0, 0.1) is 39.8 Å². The summed E-state index contributed by atoms with van der Waals surface area (Å²) in [5.74, 6) is 14.4. The monoisotopic (exact) mass is 2290 g/mol. The Morgan fingerprint density at radius 1 is 0.489 bits per heavy atom. The van der Waals surface area contributed by atoms with E-state index in [2.05, 4.69) is 118 Å². The number of carbonyl (C=O) groups excluding carboxylic acids is 3. The molecule has 0 unspecified atom stereocenters. The first-order valence-electron chi connectivity index (χ1n) is 34.8. The number of fused-ring (bicyclic) bond motifs is 6. The zero-order chi connectivity index (χ0) is 95.9. The van der Waals surface area contributed by atoms with E-state index in [0.717, 1.165) is 69.1 Å². The fourth-order valence-electron chi connectivity index (χ4n) is 10.9. The molecular weight excluding hydrogens is 2210 g/mol. The number of aromatic carboxylic acids is 2. The molecule has 133 heavy (non-hydrogen) atoms. The molecule has 2 radical (unpaired) electrons. The van der Waals surface area contributed by atoms with Gasteiger partial charge in [-0.05, 0) is 300 Å². The Morgan fingerprint density at radius 3 is 1.19 bits per heavy atom. The van der Waals surface area contributed by atoms with Crippen molar-refractivity contribution in [1.82, 2.24) is 6.15 Å². The zero-order valence-corrected chi connectivity index (χ0v) is 83.0. The van der Waals surface area contributed by atoms with Crippen LogP contribution in [-0.2, 0) is 32.1 Å². The second-order valence-electron chi connectivity index (χ2n) is 23.9. The summed E-state index contributed by atoms with van der Waals surface area (Å²) in [6.07, 6.45) is -0.462. The van der Waals surface area contributed by atoms with E-state index in [4.69, 9.17) is 132 Å². The first kappa shape index (κ1) is 124. The van der Waals surface area contributed by atoms with Crippen molar-refractivity contribution in [2.75, 3.05) is 56.9 Å². The van der Waals surface area contributed by atoms with Crippen LogP contribution in [0.5, 0.6) is 74.7 Å². The van der Waals surface area contributed by atoms with Crippen LogP contribution >= 0.6 is 94.0 Å². The molecule has 0 aliphatic carbocycles. The van der Waals surface area contributed by atoms with Crippen molar-refractivity contribution in [2.45, 2.75) is 35.3 Å². The SMILES string of the molecule is C.C.C.COc1cc2cc(OC)c(Br)cc2cc1Br.COc1cc2cc(OC)c(C(=O)CC(=O)OCc3ccccc3)cc2cc1C(=O)O.COc1cc2cc(OC)c(C(=O)O)cc2cc1OC=O.N.N#N.N/N=N/N.N=N/N=N/N.Oc1cc2cc(O)c(Br)cc2cc1Br.Oc1ccc2ccc(O)cc2c1.[C-]#[N+]c1cc2cc(C#N)c(OC)cc2cc1OC.[Cl][Fe]([Cl])[Cl].[N-]=[N+]=N.[SnH2]. The number of phenols is 4. The van der Waals surface area contributed by atoms with E-state index in [1.807, 2.05) is 66.7 Å². The Kier molecular flexibility index (Phi) is 60.6. The van der Waals surface area contributed by atoms with Crippen molar-refractivity contribution >= 4 is 218 Å². The number of aromatic hydroxyl groups is 4. The quantitative estimate of drug-likeness (QED) is 0.00309. The molecule has 707 valence electrons. The van der Waals surface area contributed by atoms with Gasteiger partial charge in [-0.15, -0.1) is 5.53 Å². The molecule has 0 aliphatic heterocycles. The van der Waals surface area contributed by atoms with Gasteiger partial charge in [0.1, 0.15) is 93.5 Å². The molecule has 13 aromatic carbocycles. The fraction of sp³-hybridized carbons (Fsp3) is 0.151. The van der Waals surface area contributed by atoms with Crippen LogP contribution in [0.25, 0.3) is 79.9 Å². The van der Waals surface area contributed by atoms with Gasteiger partial charge in [0.25, 0.3) is 6.47 Å². The maximum absolute atomic E-state index is 12.7. The van der Waals surface area contributed by atoms with Crippen molar-refractivity contribution in [2.24, 2.45) is 43.6 Å². The number of esters is 1. The molecule has 0 saturated carbocycles.